The molecular weight excluding hydrogens is 339 g/mol. The standard InChI is InChI=1S/C16H16BrFOS/c1-11-4-2-3-5-16(11)20-10-13(19)8-12-6-7-15(18)14(17)9-12/h2-7,9,13,19H,8,10H2,1H3. The molecule has 0 saturated heterocycles. The fraction of sp³-hybridized carbons (Fsp3) is 0.250. The van der Waals surface area contributed by atoms with Crippen molar-refractivity contribution in [2.75, 3.05) is 5.75 Å². The number of aliphatic hydroxyl groups excluding tert-OH is 1. The molecule has 106 valence electrons. The monoisotopic (exact) mass is 354 g/mol. The van der Waals surface area contributed by atoms with E-state index in [-0.39, 0.29) is 5.82 Å². The topological polar surface area (TPSA) is 20.2 Å². The van der Waals surface area contributed by atoms with Crippen molar-refractivity contribution >= 4 is 27.7 Å². The van der Waals surface area contributed by atoms with E-state index in [1.54, 1.807) is 23.9 Å². The molecule has 4 heteroatoms. The molecule has 2 aromatic carbocycles. The molecule has 2 rings (SSSR count). The first kappa shape index (κ1) is 15.5. The normalized spacial score (nSPS) is 12.4. The minimum absolute atomic E-state index is 0.280. The molecule has 1 nitrogen and oxygen atoms in total. The van der Waals surface area contributed by atoms with Crippen molar-refractivity contribution in [3.05, 3.63) is 63.9 Å². The molecule has 0 aliphatic rings. The van der Waals surface area contributed by atoms with Crippen molar-refractivity contribution in [3.63, 3.8) is 0 Å². The van der Waals surface area contributed by atoms with Crippen LogP contribution in [0.3, 0.4) is 0 Å². The first-order valence-electron chi connectivity index (χ1n) is 6.36. The lowest BCUT2D eigenvalue weighted by Gasteiger charge is -2.12. The summed E-state index contributed by atoms with van der Waals surface area (Å²) >= 11 is 4.81. The number of rotatable bonds is 5. The average Bonchev–Trinajstić information content (AvgIpc) is 2.42. The van der Waals surface area contributed by atoms with Crippen LogP contribution < -0.4 is 0 Å². The molecular formula is C16H16BrFOS. The third kappa shape index (κ3) is 4.33. The van der Waals surface area contributed by atoms with E-state index >= 15 is 0 Å². The van der Waals surface area contributed by atoms with Gasteiger partial charge in [-0.3, -0.25) is 0 Å². The predicted octanol–water partition coefficient (Wildman–Crippen LogP) is 4.59. The minimum atomic E-state index is -0.447. The van der Waals surface area contributed by atoms with Gasteiger partial charge < -0.3 is 5.11 Å². The Morgan fingerprint density at radius 1 is 1.25 bits per heavy atom. The van der Waals surface area contributed by atoms with Crippen molar-refractivity contribution in [2.45, 2.75) is 24.3 Å². The number of hydrogen-bond acceptors (Lipinski definition) is 2. The molecule has 0 saturated carbocycles. The van der Waals surface area contributed by atoms with E-state index < -0.39 is 6.10 Å². The highest BCUT2D eigenvalue weighted by atomic mass is 79.9. The number of aliphatic hydroxyl groups is 1. The van der Waals surface area contributed by atoms with Crippen LogP contribution in [-0.4, -0.2) is 17.0 Å². The maximum Gasteiger partial charge on any atom is 0.137 e. The molecule has 0 aromatic heterocycles. The zero-order valence-electron chi connectivity index (χ0n) is 11.1. The quantitative estimate of drug-likeness (QED) is 0.792. The van der Waals surface area contributed by atoms with Crippen LogP contribution in [-0.2, 0) is 6.42 Å². The van der Waals surface area contributed by atoms with Gasteiger partial charge in [0, 0.05) is 10.6 Å². The second kappa shape index (κ2) is 7.25. The number of thioether (sulfide) groups is 1. The van der Waals surface area contributed by atoms with E-state index in [1.165, 1.54) is 16.5 Å². The molecule has 0 fully saturated rings. The van der Waals surface area contributed by atoms with Gasteiger partial charge in [-0.15, -0.1) is 11.8 Å². The summed E-state index contributed by atoms with van der Waals surface area (Å²) in [7, 11) is 0. The molecule has 0 amide bonds. The molecule has 2 aromatic rings. The van der Waals surface area contributed by atoms with Crippen molar-refractivity contribution in [3.8, 4) is 0 Å². The molecule has 0 heterocycles. The van der Waals surface area contributed by atoms with Gasteiger partial charge in [0.15, 0.2) is 0 Å². The van der Waals surface area contributed by atoms with Crippen molar-refractivity contribution in [1.82, 2.24) is 0 Å². The molecule has 1 unspecified atom stereocenters. The highest BCUT2D eigenvalue weighted by Gasteiger charge is 2.09. The summed E-state index contributed by atoms with van der Waals surface area (Å²) in [5.74, 6) is 0.345. The lowest BCUT2D eigenvalue weighted by atomic mass is 10.1. The fourth-order valence-corrected chi connectivity index (χ4v) is 3.29. The van der Waals surface area contributed by atoms with Crippen LogP contribution in [0.15, 0.2) is 51.8 Å². The first-order valence-corrected chi connectivity index (χ1v) is 8.14. The molecule has 0 radical (unpaired) electrons. The lowest BCUT2D eigenvalue weighted by molar-refractivity contribution is 0.200. The second-order valence-electron chi connectivity index (χ2n) is 4.68. The molecule has 1 atom stereocenters. The van der Waals surface area contributed by atoms with Gasteiger partial charge in [0.25, 0.3) is 0 Å². The molecule has 1 N–H and O–H groups in total. The fourth-order valence-electron chi connectivity index (χ4n) is 1.90. The maximum atomic E-state index is 13.1. The van der Waals surface area contributed by atoms with Gasteiger partial charge in [0.1, 0.15) is 5.82 Å². The molecule has 0 aliphatic carbocycles. The van der Waals surface area contributed by atoms with E-state index in [2.05, 4.69) is 35.0 Å². The lowest BCUT2D eigenvalue weighted by Crippen LogP contribution is -2.13. The Bertz CT molecular complexity index is 588. The summed E-state index contributed by atoms with van der Waals surface area (Å²) in [6, 6.07) is 13.0. The van der Waals surface area contributed by atoms with Crippen LogP contribution in [0, 0.1) is 12.7 Å². The van der Waals surface area contributed by atoms with Crippen LogP contribution >= 0.6 is 27.7 Å². The Kier molecular flexibility index (Phi) is 5.64. The smallest absolute Gasteiger partial charge is 0.137 e. The van der Waals surface area contributed by atoms with Crippen LogP contribution in [0.25, 0.3) is 0 Å². The van der Waals surface area contributed by atoms with Gasteiger partial charge in [0.05, 0.1) is 10.6 Å². The first-order chi connectivity index (χ1) is 9.56. The average molecular weight is 355 g/mol. The second-order valence-corrected chi connectivity index (χ2v) is 6.60. The van der Waals surface area contributed by atoms with E-state index in [9.17, 15) is 9.50 Å². The Balaban J connectivity index is 1.91. The zero-order chi connectivity index (χ0) is 14.5. The van der Waals surface area contributed by atoms with E-state index in [0.29, 0.717) is 16.6 Å². The van der Waals surface area contributed by atoms with Gasteiger partial charge in [-0.2, -0.15) is 0 Å². The van der Waals surface area contributed by atoms with Crippen molar-refractivity contribution in [1.29, 1.82) is 0 Å². The van der Waals surface area contributed by atoms with Gasteiger partial charge >= 0.3 is 0 Å². The summed E-state index contributed by atoms with van der Waals surface area (Å²) < 4.78 is 13.6. The van der Waals surface area contributed by atoms with Gasteiger partial charge in [-0.1, -0.05) is 24.3 Å². The molecule has 0 spiro atoms. The number of benzene rings is 2. The Hall–Kier alpha value is -0.840. The summed E-state index contributed by atoms with van der Waals surface area (Å²) in [6.07, 6.45) is 0.0783. The molecule has 0 aliphatic heterocycles. The minimum Gasteiger partial charge on any atom is -0.392 e. The third-order valence-corrected chi connectivity index (χ3v) is 4.91. The Labute approximate surface area is 131 Å². The largest absolute Gasteiger partial charge is 0.392 e. The highest BCUT2D eigenvalue weighted by Crippen LogP contribution is 2.24. The predicted molar refractivity (Wildman–Crippen MR) is 85.7 cm³/mol. The summed E-state index contributed by atoms with van der Waals surface area (Å²) in [5.41, 5.74) is 2.14. The van der Waals surface area contributed by atoms with Crippen LogP contribution in [0.1, 0.15) is 11.1 Å². The maximum absolute atomic E-state index is 13.1. The SMILES string of the molecule is Cc1ccccc1SCC(O)Cc1ccc(F)c(Br)c1. The number of aryl methyl sites for hydroxylation is 1. The zero-order valence-corrected chi connectivity index (χ0v) is 13.5. The molecule has 0 bridgehead atoms. The summed E-state index contributed by atoms with van der Waals surface area (Å²) in [5, 5.41) is 10.1. The van der Waals surface area contributed by atoms with Crippen LogP contribution in [0.5, 0.6) is 0 Å². The molecule has 20 heavy (non-hydrogen) atoms. The van der Waals surface area contributed by atoms with Gasteiger partial charge in [-0.05, 0) is 58.6 Å². The summed E-state index contributed by atoms with van der Waals surface area (Å²) in [4.78, 5) is 1.19. The van der Waals surface area contributed by atoms with Crippen LogP contribution in [0.2, 0.25) is 0 Å². The van der Waals surface area contributed by atoms with Crippen molar-refractivity contribution < 1.29 is 9.50 Å². The van der Waals surface area contributed by atoms with Gasteiger partial charge in [0.2, 0.25) is 0 Å². The number of halogens is 2. The van der Waals surface area contributed by atoms with E-state index in [0.717, 1.165) is 5.56 Å². The van der Waals surface area contributed by atoms with Gasteiger partial charge in [-0.25, -0.2) is 4.39 Å². The van der Waals surface area contributed by atoms with Crippen molar-refractivity contribution in [2.24, 2.45) is 0 Å². The van der Waals surface area contributed by atoms with E-state index in [4.69, 9.17) is 0 Å². The highest BCUT2D eigenvalue weighted by molar-refractivity contribution is 9.10. The third-order valence-electron chi connectivity index (χ3n) is 2.98. The van der Waals surface area contributed by atoms with Crippen LogP contribution in [0.4, 0.5) is 4.39 Å². The Morgan fingerprint density at radius 2 is 2.00 bits per heavy atom. The Morgan fingerprint density at radius 3 is 2.70 bits per heavy atom. The van der Waals surface area contributed by atoms with E-state index in [1.807, 2.05) is 12.1 Å². The summed E-state index contributed by atoms with van der Waals surface area (Å²) in [6.45, 7) is 2.06. The number of hydrogen-bond donors (Lipinski definition) is 1.